The molecule has 1 fully saturated rings. The van der Waals surface area contributed by atoms with Crippen molar-refractivity contribution in [2.75, 3.05) is 13.1 Å². The van der Waals surface area contributed by atoms with E-state index < -0.39 is 0 Å². The largest absolute Gasteiger partial charge is 0.353 e. The van der Waals surface area contributed by atoms with Gasteiger partial charge in [-0.05, 0) is 38.3 Å². The Labute approximate surface area is 108 Å². The number of hydrogen-bond donors (Lipinski definition) is 2. The number of aryl methyl sites for hydroxylation is 1. The van der Waals surface area contributed by atoms with E-state index in [0.717, 1.165) is 37.9 Å². The lowest BCUT2D eigenvalue weighted by Gasteiger charge is -2.26. The molecule has 5 heteroatoms. The van der Waals surface area contributed by atoms with Crippen molar-refractivity contribution in [1.82, 2.24) is 20.4 Å². The molecular weight excluding hydrogens is 228 g/mol. The average Bonchev–Trinajstić information content (AvgIpc) is 2.99. The lowest BCUT2D eigenvalue weighted by molar-refractivity contribution is -0.127. The first kappa shape index (κ1) is 13.1. The minimum Gasteiger partial charge on any atom is -0.353 e. The maximum Gasteiger partial charge on any atom is 0.240 e. The van der Waals surface area contributed by atoms with E-state index in [1.54, 1.807) is 0 Å². The van der Waals surface area contributed by atoms with Gasteiger partial charge in [0.2, 0.25) is 5.91 Å². The fourth-order valence-electron chi connectivity index (χ4n) is 2.50. The van der Waals surface area contributed by atoms with Crippen LogP contribution in [0.1, 0.15) is 31.7 Å². The second-order valence-electron chi connectivity index (χ2n) is 5.00. The molecule has 18 heavy (non-hydrogen) atoms. The second kappa shape index (κ2) is 5.52. The number of aromatic nitrogens is 2. The normalized spacial score (nSPS) is 23.2. The first-order chi connectivity index (χ1) is 8.66. The summed E-state index contributed by atoms with van der Waals surface area (Å²) in [6, 6.07) is 0. The summed E-state index contributed by atoms with van der Waals surface area (Å²) in [6.07, 6.45) is 6.68. The zero-order valence-corrected chi connectivity index (χ0v) is 11.2. The SMILES string of the molecule is CCC1(C(=O)NCCn2cc(C)cn2)CCCN1. The number of hydrogen-bond acceptors (Lipinski definition) is 3. The molecule has 0 saturated carbocycles. The molecule has 0 aromatic carbocycles. The number of nitrogens with one attached hydrogen (secondary N) is 2. The summed E-state index contributed by atoms with van der Waals surface area (Å²) in [5, 5.41) is 10.5. The van der Waals surface area contributed by atoms with E-state index in [1.165, 1.54) is 0 Å². The molecule has 2 N–H and O–H groups in total. The molecule has 1 amide bonds. The van der Waals surface area contributed by atoms with Gasteiger partial charge in [0.25, 0.3) is 0 Å². The average molecular weight is 250 g/mol. The van der Waals surface area contributed by atoms with Crippen LogP contribution in [-0.2, 0) is 11.3 Å². The summed E-state index contributed by atoms with van der Waals surface area (Å²) in [7, 11) is 0. The molecule has 1 aromatic rings. The van der Waals surface area contributed by atoms with Crippen LogP contribution in [0.2, 0.25) is 0 Å². The van der Waals surface area contributed by atoms with Gasteiger partial charge in [0, 0.05) is 12.7 Å². The van der Waals surface area contributed by atoms with Crippen molar-refractivity contribution < 1.29 is 4.79 Å². The molecule has 0 aliphatic carbocycles. The number of carbonyl (C=O) groups is 1. The molecule has 1 aliphatic rings. The molecule has 5 nitrogen and oxygen atoms in total. The van der Waals surface area contributed by atoms with Crippen LogP contribution in [-0.4, -0.2) is 34.3 Å². The standard InChI is InChI=1S/C13H22N4O/c1-3-13(5-4-6-15-13)12(18)14-7-8-17-10-11(2)9-16-17/h9-10,15H,3-8H2,1-2H3,(H,14,18). The van der Waals surface area contributed by atoms with Gasteiger partial charge in [-0.15, -0.1) is 0 Å². The lowest BCUT2D eigenvalue weighted by atomic mass is 9.93. The van der Waals surface area contributed by atoms with Crippen LogP contribution >= 0.6 is 0 Å². The fraction of sp³-hybridized carbons (Fsp3) is 0.692. The van der Waals surface area contributed by atoms with E-state index in [2.05, 4.69) is 22.7 Å². The lowest BCUT2D eigenvalue weighted by Crippen LogP contribution is -2.53. The van der Waals surface area contributed by atoms with Crippen LogP contribution in [0.5, 0.6) is 0 Å². The van der Waals surface area contributed by atoms with Crippen molar-refractivity contribution in [3.63, 3.8) is 0 Å². The van der Waals surface area contributed by atoms with Gasteiger partial charge in [0.15, 0.2) is 0 Å². The quantitative estimate of drug-likeness (QED) is 0.814. The number of carbonyl (C=O) groups excluding carboxylic acids is 1. The first-order valence-electron chi connectivity index (χ1n) is 6.69. The minimum atomic E-state index is -0.333. The molecule has 0 radical (unpaired) electrons. The highest BCUT2D eigenvalue weighted by atomic mass is 16.2. The Hall–Kier alpha value is -1.36. The highest BCUT2D eigenvalue weighted by Gasteiger charge is 2.38. The number of nitrogens with zero attached hydrogens (tertiary/aromatic N) is 2. The van der Waals surface area contributed by atoms with Crippen LogP contribution in [0.4, 0.5) is 0 Å². The Morgan fingerprint density at radius 1 is 1.67 bits per heavy atom. The summed E-state index contributed by atoms with van der Waals surface area (Å²) >= 11 is 0. The van der Waals surface area contributed by atoms with Gasteiger partial charge in [-0.3, -0.25) is 9.48 Å². The zero-order valence-electron chi connectivity index (χ0n) is 11.2. The van der Waals surface area contributed by atoms with Gasteiger partial charge < -0.3 is 10.6 Å². The van der Waals surface area contributed by atoms with Crippen molar-refractivity contribution in [2.45, 2.75) is 45.2 Å². The third-order valence-electron chi connectivity index (χ3n) is 3.67. The Morgan fingerprint density at radius 2 is 2.50 bits per heavy atom. The molecule has 1 unspecified atom stereocenters. The Balaban J connectivity index is 1.81. The van der Waals surface area contributed by atoms with E-state index in [-0.39, 0.29) is 11.4 Å². The Kier molecular flexibility index (Phi) is 4.01. The third-order valence-corrected chi connectivity index (χ3v) is 3.67. The van der Waals surface area contributed by atoms with Gasteiger partial charge in [0.1, 0.15) is 0 Å². The summed E-state index contributed by atoms with van der Waals surface area (Å²) in [4.78, 5) is 12.2. The van der Waals surface area contributed by atoms with Gasteiger partial charge in [-0.25, -0.2) is 0 Å². The zero-order chi connectivity index (χ0) is 13.0. The van der Waals surface area contributed by atoms with Crippen molar-refractivity contribution in [2.24, 2.45) is 0 Å². The molecule has 100 valence electrons. The molecule has 2 heterocycles. The summed E-state index contributed by atoms with van der Waals surface area (Å²) in [6.45, 7) is 6.37. The highest BCUT2D eigenvalue weighted by Crippen LogP contribution is 2.22. The van der Waals surface area contributed by atoms with Crippen LogP contribution in [0.15, 0.2) is 12.4 Å². The molecule has 2 rings (SSSR count). The third kappa shape index (κ3) is 2.72. The highest BCUT2D eigenvalue weighted by molar-refractivity contribution is 5.86. The number of amides is 1. The Bertz CT molecular complexity index is 407. The number of rotatable bonds is 5. The van der Waals surface area contributed by atoms with E-state index in [1.807, 2.05) is 24.0 Å². The van der Waals surface area contributed by atoms with Crippen LogP contribution in [0.25, 0.3) is 0 Å². The van der Waals surface area contributed by atoms with E-state index >= 15 is 0 Å². The van der Waals surface area contributed by atoms with Crippen molar-refractivity contribution in [3.05, 3.63) is 18.0 Å². The molecular formula is C13H22N4O. The fourth-order valence-corrected chi connectivity index (χ4v) is 2.50. The predicted octanol–water partition coefficient (Wildman–Crippen LogP) is 0.840. The summed E-state index contributed by atoms with van der Waals surface area (Å²) in [5.74, 6) is 0.131. The van der Waals surface area contributed by atoms with Crippen LogP contribution < -0.4 is 10.6 Å². The first-order valence-corrected chi connectivity index (χ1v) is 6.69. The molecule has 1 saturated heterocycles. The van der Waals surface area contributed by atoms with Crippen molar-refractivity contribution in [3.8, 4) is 0 Å². The maximum absolute atomic E-state index is 12.2. The van der Waals surface area contributed by atoms with Gasteiger partial charge in [0.05, 0.1) is 18.3 Å². The maximum atomic E-state index is 12.2. The monoisotopic (exact) mass is 250 g/mol. The van der Waals surface area contributed by atoms with Crippen molar-refractivity contribution in [1.29, 1.82) is 0 Å². The molecule has 1 aromatic heterocycles. The molecule has 1 atom stereocenters. The van der Waals surface area contributed by atoms with Gasteiger partial charge >= 0.3 is 0 Å². The second-order valence-corrected chi connectivity index (χ2v) is 5.00. The topological polar surface area (TPSA) is 59.0 Å². The van der Waals surface area contributed by atoms with Crippen molar-refractivity contribution >= 4 is 5.91 Å². The minimum absolute atomic E-state index is 0.131. The van der Waals surface area contributed by atoms with Crippen LogP contribution in [0.3, 0.4) is 0 Å². The van der Waals surface area contributed by atoms with Gasteiger partial charge in [-0.2, -0.15) is 5.10 Å². The molecule has 0 bridgehead atoms. The van der Waals surface area contributed by atoms with E-state index in [9.17, 15) is 4.79 Å². The molecule has 0 spiro atoms. The Morgan fingerprint density at radius 3 is 3.06 bits per heavy atom. The van der Waals surface area contributed by atoms with Crippen LogP contribution in [0, 0.1) is 6.92 Å². The summed E-state index contributed by atoms with van der Waals surface area (Å²) in [5.41, 5.74) is 0.809. The van der Waals surface area contributed by atoms with E-state index in [0.29, 0.717) is 6.54 Å². The van der Waals surface area contributed by atoms with Gasteiger partial charge in [-0.1, -0.05) is 6.92 Å². The molecule has 1 aliphatic heterocycles. The summed E-state index contributed by atoms with van der Waals surface area (Å²) < 4.78 is 1.86. The smallest absolute Gasteiger partial charge is 0.240 e. The van der Waals surface area contributed by atoms with E-state index in [4.69, 9.17) is 0 Å². The predicted molar refractivity (Wildman–Crippen MR) is 70.2 cm³/mol.